The van der Waals surface area contributed by atoms with Crippen molar-refractivity contribution < 1.29 is 0 Å². The number of nitrogens with zero attached hydrogens (tertiary/aromatic N) is 1. The summed E-state index contributed by atoms with van der Waals surface area (Å²) in [5.41, 5.74) is 2.02. The summed E-state index contributed by atoms with van der Waals surface area (Å²) in [6.45, 7) is 7.41. The van der Waals surface area contributed by atoms with E-state index in [9.17, 15) is 4.79 Å². The fourth-order valence-electron chi connectivity index (χ4n) is 2.17. The second kappa shape index (κ2) is 5.19. The topological polar surface area (TPSA) is 51.9 Å². The van der Waals surface area contributed by atoms with E-state index in [1.165, 1.54) is 0 Å². The summed E-state index contributed by atoms with van der Waals surface area (Å²) in [4.78, 5) is 20.0. The third kappa shape index (κ3) is 2.42. The van der Waals surface area contributed by atoms with Crippen molar-refractivity contribution in [3.63, 3.8) is 0 Å². The maximum atomic E-state index is 11.8. The molecule has 2 aromatic heterocycles. The summed E-state index contributed by atoms with van der Waals surface area (Å²) in [6, 6.07) is 1.90. The molecule has 0 aromatic carbocycles. The number of pyridine rings is 1. The molecular formula is C13H19N3O. The first kappa shape index (κ1) is 11.9. The van der Waals surface area contributed by atoms with E-state index in [1.807, 2.05) is 12.3 Å². The standard InChI is InChI=1S/C13H19N3O/c1-3-16(4-2)8-6-10-9-15-11-5-7-14-13(17)12(10)11/h5,7,9,15H,3-4,6,8H2,1-2H3,(H,14,17). The molecule has 2 aromatic rings. The molecular weight excluding hydrogens is 214 g/mol. The lowest BCUT2D eigenvalue weighted by atomic mass is 10.1. The van der Waals surface area contributed by atoms with Crippen molar-refractivity contribution in [3.05, 3.63) is 34.4 Å². The van der Waals surface area contributed by atoms with Crippen LogP contribution in [0.15, 0.2) is 23.3 Å². The Labute approximate surface area is 101 Å². The first-order valence-electron chi connectivity index (χ1n) is 6.16. The Hall–Kier alpha value is -1.55. The molecule has 0 atom stereocenters. The molecule has 0 unspecified atom stereocenters. The normalized spacial score (nSPS) is 11.5. The predicted molar refractivity (Wildman–Crippen MR) is 70.4 cm³/mol. The maximum absolute atomic E-state index is 11.8. The fourth-order valence-corrected chi connectivity index (χ4v) is 2.17. The van der Waals surface area contributed by atoms with Crippen molar-refractivity contribution in [1.82, 2.24) is 14.9 Å². The molecule has 0 aliphatic heterocycles. The van der Waals surface area contributed by atoms with Crippen LogP contribution >= 0.6 is 0 Å². The molecule has 2 rings (SSSR count). The van der Waals surface area contributed by atoms with E-state index in [0.29, 0.717) is 0 Å². The molecule has 2 heterocycles. The van der Waals surface area contributed by atoms with Crippen LogP contribution in [-0.4, -0.2) is 34.5 Å². The largest absolute Gasteiger partial charge is 0.361 e. The van der Waals surface area contributed by atoms with Crippen LogP contribution in [0.25, 0.3) is 10.9 Å². The lowest BCUT2D eigenvalue weighted by Gasteiger charge is -2.17. The Kier molecular flexibility index (Phi) is 3.64. The van der Waals surface area contributed by atoms with Crippen LogP contribution in [0, 0.1) is 0 Å². The quantitative estimate of drug-likeness (QED) is 0.826. The molecule has 4 heteroatoms. The molecule has 0 spiro atoms. The molecule has 0 saturated heterocycles. The summed E-state index contributed by atoms with van der Waals surface area (Å²) in [6.07, 6.45) is 4.54. The van der Waals surface area contributed by atoms with Gasteiger partial charge in [0.05, 0.1) is 10.9 Å². The molecule has 2 N–H and O–H groups in total. The second-order valence-corrected chi connectivity index (χ2v) is 4.19. The zero-order valence-electron chi connectivity index (χ0n) is 10.4. The Morgan fingerprint density at radius 1 is 1.24 bits per heavy atom. The molecule has 0 amide bonds. The van der Waals surface area contributed by atoms with Crippen molar-refractivity contribution in [3.8, 4) is 0 Å². The Balaban J connectivity index is 2.22. The number of hydrogen-bond acceptors (Lipinski definition) is 2. The number of rotatable bonds is 5. The van der Waals surface area contributed by atoms with E-state index in [2.05, 4.69) is 28.7 Å². The van der Waals surface area contributed by atoms with Crippen LogP contribution < -0.4 is 5.56 Å². The van der Waals surface area contributed by atoms with E-state index >= 15 is 0 Å². The van der Waals surface area contributed by atoms with Crippen molar-refractivity contribution >= 4 is 10.9 Å². The van der Waals surface area contributed by atoms with Crippen molar-refractivity contribution in [2.75, 3.05) is 19.6 Å². The van der Waals surface area contributed by atoms with Crippen LogP contribution in [0.2, 0.25) is 0 Å². The van der Waals surface area contributed by atoms with Gasteiger partial charge in [0, 0.05) is 18.9 Å². The van der Waals surface area contributed by atoms with Crippen molar-refractivity contribution in [2.24, 2.45) is 0 Å². The summed E-state index contributed by atoms with van der Waals surface area (Å²) in [5.74, 6) is 0. The number of aromatic nitrogens is 2. The van der Waals surface area contributed by atoms with Gasteiger partial charge in [-0.05, 0) is 31.1 Å². The summed E-state index contributed by atoms with van der Waals surface area (Å²) < 4.78 is 0. The van der Waals surface area contributed by atoms with Crippen LogP contribution in [0.5, 0.6) is 0 Å². The SMILES string of the molecule is CCN(CC)CCc1c[nH]c2cc[nH]c(=O)c12. The van der Waals surface area contributed by atoms with E-state index < -0.39 is 0 Å². The minimum atomic E-state index is -0.00158. The molecule has 0 radical (unpaired) electrons. The average molecular weight is 233 g/mol. The highest BCUT2D eigenvalue weighted by atomic mass is 16.1. The van der Waals surface area contributed by atoms with E-state index in [-0.39, 0.29) is 5.56 Å². The van der Waals surface area contributed by atoms with Crippen LogP contribution in [0.4, 0.5) is 0 Å². The second-order valence-electron chi connectivity index (χ2n) is 4.19. The van der Waals surface area contributed by atoms with Crippen LogP contribution in [0.1, 0.15) is 19.4 Å². The van der Waals surface area contributed by atoms with Gasteiger partial charge in [0.1, 0.15) is 0 Å². The van der Waals surface area contributed by atoms with Crippen LogP contribution in [-0.2, 0) is 6.42 Å². The molecule has 92 valence electrons. The highest BCUT2D eigenvalue weighted by Gasteiger charge is 2.08. The van der Waals surface area contributed by atoms with Crippen LogP contribution in [0.3, 0.4) is 0 Å². The van der Waals surface area contributed by atoms with Gasteiger partial charge in [0.25, 0.3) is 5.56 Å². The first-order chi connectivity index (χ1) is 8.26. The highest BCUT2D eigenvalue weighted by molar-refractivity contribution is 5.81. The number of aromatic amines is 2. The Morgan fingerprint density at radius 2 is 2.00 bits per heavy atom. The molecule has 0 aliphatic carbocycles. The van der Waals surface area contributed by atoms with Gasteiger partial charge >= 0.3 is 0 Å². The van der Waals surface area contributed by atoms with Gasteiger partial charge in [-0.3, -0.25) is 4.79 Å². The van der Waals surface area contributed by atoms with Gasteiger partial charge in [-0.1, -0.05) is 13.8 Å². The molecule has 0 aliphatic rings. The molecule has 0 fully saturated rings. The third-order valence-electron chi connectivity index (χ3n) is 3.28. The first-order valence-corrected chi connectivity index (χ1v) is 6.16. The van der Waals surface area contributed by atoms with E-state index in [1.54, 1.807) is 6.20 Å². The molecule has 17 heavy (non-hydrogen) atoms. The number of hydrogen-bond donors (Lipinski definition) is 2. The minimum Gasteiger partial charge on any atom is -0.361 e. The smallest absolute Gasteiger partial charge is 0.257 e. The molecule has 0 bridgehead atoms. The van der Waals surface area contributed by atoms with Gasteiger partial charge in [-0.25, -0.2) is 0 Å². The number of nitrogens with one attached hydrogen (secondary N) is 2. The zero-order valence-corrected chi connectivity index (χ0v) is 10.4. The van der Waals surface area contributed by atoms with E-state index in [4.69, 9.17) is 0 Å². The van der Waals surface area contributed by atoms with E-state index in [0.717, 1.165) is 42.5 Å². The summed E-state index contributed by atoms with van der Waals surface area (Å²) in [7, 11) is 0. The maximum Gasteiger partial charge on any atom is 0.257 e. The van der Waals surface area contributed by atoms with Gasteiger partial charge in [-0.2, -0.15) is 0 Å². The van der Waals surface area contributed by atoms with Gasteiger partial charge in [0.2, 0.25) is 0 Å². The summed E-state index contributed by atoms with van der Waals surface area (Å²) >= 11 is 0. The van der Waals surface area contributed by atoms with Gasteiger partial charge in [-0.15, -0.1) is 0 Å². The third-order valence-corrected chi connectivity index (χ3v) is 3.28. The van der Waals surface area contributed by atoms with Crippen molar-refractivity contribution in [1.29, 1.82) is 0 Å². The number of likely N-dealkylation sites (N-methyl/N-ethyl adjacent to an activating group) is 1. The average Bonchev–Trinajstić information content (AvgIpc) is 2.75. The lowest BCUT2D eigenvalue weighted by molar-refractivity contribution is 0.308. The zero-order chi connectivity index (χ0) is 12.3. The lowest BCUT2D eigenvalue weighted by Crippen LogP contribution is -2.25. The molecule has 0 saturated carbocycles. The Bertz CT molecular complexity index is 537. The number of fused-ring (bicyclic) bond motifs is 1. The monoisotopic (exact) mass is 233 g/mol. The fraction of sp³-hybridized carbons (Fsp3) is 0.462. The number of H-pyrrole nitrogens is 2. The van der Waals surface area contributed by atoms with Gasteiger partial charge < -0.3 is 14.9 Å². The predicted octanol–water partition coefficient (Wildman–Crippen LogP) is 1.74. The van der Waals surface area contributed by atoms with Crippen molar-refractivity contribution in [2.45, 2.75) is 20.3 Å². The molecule has 4 nitrogen and oxygen atoms in total. The minimum absolute atomic E-state index is 0.00158. The highest BCUT2D eigenvalue weighted by Crippen LogP contribution is 2.13. The Morgan fingerprint density at radius 3 is 2.71 bits per heavy atom. The summed E-state index contributed by atoms with van der Waals surface area (Å²) in [5, 5.41) is 0.805. The van der Waals surface area contributed by atoms with Gasteiger partial charge in [0.15, 0.2) is 0 Å².